The number of hydrogen-bond acceptors (Lipinski definition) is 5. The molecule has 7 nitrogen and oxygen atoms in total. The van der Waals surface area contributed by atoms with E-state index in [0.717, 1.165) is 0 Å². The first-order valence-corrected chi connectivity index (χ1v) is 6.07. The molecule has 0 spiro atoms. The third-order valence-corrected chi connectivity index (χ3v) is 2.17. The molecule has 12 heavy (non-hydrogen) atoms. The summed E-state index contributed by atoms with van der Waals surface area (Å²) in [6.45, 7) is -0.282. The molecule has 0 aromatic heterocycles. The molecule has 0 aliphatic rings. The molecule has 0 radical (unpaired) electrons. The van der Waals surface area contributed by atoms with Gasteiger partial charge in [0, 0.05) is 0 Å². The highest BCUT2D eigenvalue weighted by Gasteiger charge is 2.05. The molecule has 0 heterocycles. The minimum Gasteiger partial charge on any atom is -0.258 e. The highest BCUT2D eigenvalue weighted by molar-refractivity contribution is 7.89. The second-order valence-electron chi connectivity index (χ2n) is 2.04. The largest absolute Gasteiger partial charge is 0.333 e. The van der Waals surface area contributed by atoms with Crippen molar-refractivity contribution < 1.29 is 21.0 Å². The van der Waals surface area contributed by atoms with E-state index in [0.29, 0.717) is 0 Å². The smallest absolute Gasteiger partial charge is 0.258 e. The van der Waals surface area contributed by atoms with E-state index < -0.39 is 20.3 Å². The summed E-state index contributed by atoms with van der Waals surface area (Å²) in [4.78, 5) is 0. The lowest BCUT2D eigenvalue weighted by molar-refractivity contribution is 0.319. The third-order valence-electron chi connectivity index (χ3n) is 0.821. The summed E-state index contributed by atoms with van der Waals surface area (Å²) >= 11 is 0. The molecule has 0 saturated carbocycles. The number of rotatable bonds is 5. The summed E-state index contributed by atoms with van der Waals surface area (Å²) in [7, 11) is -7.53. The van der Waals surface area contributed by atoms with E-state index in [2.05, 4.69) is 14.5 Å². The fourth-order valence-electron chi connectivity index (χ4n) is 0.435. The minimum atomic E-state index is -3.98. The second kappa shape index (κ2) is 4.14. The number of sulfonamides is 1. The van der Waals surface area contributed by atoms with E-state index in [4.69, 9.17) is 0 Å². The first kappa shape index (κ1) is 11.8. The van der Waals surface area contributed by atoms with Gasteiger partial charge in [-0.05, 0) is 6.42 Å². The maximum Gasteiger partial charge on any atom is 0.333 e. The van der Waals surface area contributed by atoms with Crippen LogP contribution in [-0.4, -0.2) is 29.2 Å². The zero-order chi connectivity index (χ0) is 9.83. The van der Waals surface area contributed by atoms with Crippen LogP contribution in [0.2, 0.25) is 0 Å². The van der Waals surface area contributed by atoms with Gasteiger partial charge >= 0.3 is 10.3 Å². The molecule has 0 unspecified atom stereocenters. The Morgan fingerprint density at radius 3 is 1.92 bits per heavy atom. The Labute approximate surface area is 71.0 Å². The Balaban J connectivity index is 3.62. The monoisotopic (exact) mass is 218 g/mol. The molecule has 0 amide bonds. The molecule has 0 atom stereocenters. The van der Waals surface area contributed by atoms with Gasteiger partial charge in [0.25, 0.3) is 0 Å². The van der Waals surface area contributed by atoms with Crippen LogP contribution in [0.25, 0.3) is 0 Å². The van der Waals surface area contributed by atoms with Crippen molar-refractivity contribution >= 4 is 20.3 Å². The van der Waals surface area contributed by atoms with Crippen LogP contribution in [0.15, 0.2) is 0 Å². The summed E-state index contributed by atoms with van der Waals surface area (Å²) in [5.41, 5.74) is 0. The van der Waals surface area contributed by atoms with Gasteiger partial charge in [0.1, 0.15) is 0 Å². The molecule has 74 valence electrons. The summed E-state index contributed by atoms with van der Waals surface area (Å²) < 4.78 is 44.9. The molecule has 0 aromatic carbocycles. The van der Waals surface area contributed by atoms with Crippen LogP contribution in [0, 0.1) is 0 Å². The molecule has 0 bridgehead atoms. The van der Waals surface area contributed by atoms with Crippen molar-refractivity contribution in [3.8, 4) is 0 Å². The second-order valence-corrected chi connectivity index (χ2v) is 4.99. The Kier molecular flexibility index (Phi) is 4.06. The van der Waals surface area contributed by atoms with Crippen LogP contribution < -0.4 is 10.3 Å². The van der Waals surface area contributed by atoms with Gasteiger partial charge in [-0.25, -0.2) is 18.7 Å². The van der Waals surface area contributed by atoms with Crippen LogP contribution in [0.4, 0.5) is 0 Å². The Morgan fingerprint density at radius 1 is 1.08 bits per heavy atom. The Bertz CT molecular complexity index is 283. The lowest BCUT2D eigenvalue weighted by Crippen LogP contribution is -2.20. The fraction of sp³-hybridized carbons (Fsp3) is 1.00. The van der Waals surface area contributed by atoms with Crippen molar-refractivity contribution in [1.82, 2.24) is 0 Å². The topological polar surface area (TPSA) is 130 Å². The Hall–Kier alpha value is -0.220. The summed E-state index contributed by atoms with van der Waals surface area (Å²) in [6, 6.07) is 0. The third kappa shape index (κ3) is 9.78. The van der Waals surface area contributed by atoms with Crippen LogP contribution >= 0.6 is 0 Å². The number of hydrogen-bond donors (Lipinski definition) is 2. The lowest BCUT2D eigenvalue weighted by atomic mass is 10.5. The van der Waals surface area contributed by atoms with Gasteiger partial charge in [-0.3, -0.25) is 4.18 Å². The van der Waals surface area contributed by atoms with Gasteiger partial charge in [-0.15, -0.1) is 0 Å². The lowest BCUT2D eigenvalue weighted by Gasteiger charge is -1.98. The first-order chi connectivity index (χ1) is 5.21. The van der Waals surface area contributed by atoms with E-state index in [-0.39, 0.29) is 18.8 Å². The van der Waals surface area contributed by atoms with E-state index in [9.17, 15) is 16.8 Å². The van der Waals surface area contributed by atoms with Crippen molar-refractivity contribution in [2.45, 2.75) is 6.42 Å². The van der Waals surface area contributed by atoms with E-state index in [1.807, 2.05) is 0 Å². The van der Waals surface area contributed by atoms with E-state index in [1.165, 1.54) is 0 Å². The average Bonchev–Trinajstić information content (AvgIpc) is 1.76. The predicted molar refractivity (Wildman–Crippen MR) is 41.7 cm³/mol. The highest BCUT2D eigenvalue weighted by Crippen LogP contribution is 1.89. The van der Waals surface area contributed by atoms with Crippen LogP contribution in [0.5, 0.6) is 0 Å². The summed E-state index contributed by atoms with van der Waals surface area (Å²) in [6.07, 6.45) is -0.00470. The van der Waals surface area contributed by atoms with E-state index >= 15 is 0 Å². The maximum atomic E-state index is 10.3. The molecular weight excluding hydrogens is 208 g/mol. The molecular formula is C3H10N2O5S2. The van der Waals surface area contributed by atoms with Gasteiger partial charge < -0.3 is 0 Å². The zero-order valence-electron chi connectivity index (χ0n) is 6.13. The van der Waals surface area contributed by atoms with Gasteiger partial charge in [-0.1, -0.05) is 0 Å². The van der Waals surface area contributed by atoms with Gasteiger partial charge in [-0.2, -0.15) is 8.42 Å². The van der Waals surface area contributed by atoms with Crippen LogP contribution in [0.3, 0.4) is 0 Å². The summed E-state index contributed by atoms with van der Waals surface area (Å²) in [5, 5.41) is 9.08. The van der Waals surface area contributed by atoms with Crippen molar-refractivity contribution in [3.05, 3.63) is 0 Å². The zero-order valence-corrected chi connectivity index (χ0v) is 7.77. The van der Waals surface area contributed by atoms with Gasteiger partial charge in [0.15, 0.2) is 0 Å². The molecule has 0 aliphatic carbocycles. The quantitative estimate of drug-likeness (QED) is 0.510. The van der Waals surface area contributed by atoms with Crippen molar-refractivity contribution in [3.63, 3.8) is 0 Å². The maximum absolute atomic E-state index is 10.3. The molecule has 0 fully saturated rings. The minimum absolute atomic E-state index is 0.00470. The average molecular weight is 218 g/mol. The Morgan fingerprint density at radius 2 is 1.58 bits per heavy atom. The number of nitrogens with two attached hydrogens (primary N) is 2. The van der Waals surface area contributed by atoms with Gasteiger partial charge in [0.05, 0.1) is 12.4 Å². The normalized spacial score (nSPS) is 13.2. The van der Waals surface area contributed by atoms with Crippen LogP contribution in [-0.2, 0) is 24.5 Å². The SMILES string of the molecule is NS(=O)(=O)CCCOS(N)(=O)=O. The standard InChI is InChI=1S/C3H10N2O5S2/c4-11(6,7)3-1-2-10-12(5,8)9/h1-3H2,(H2,4,6,7)(H2,5,8,9). The molecule has 4 N–H and O–H groups in total. The van der Waals surface area contributed by atoms with Crippen molar-refractivity contribution in [2.24, 2.45) is 10.3 Å². The van der Waals surface area contributed by atoms with Crippen LogP contribution in [0.1, 0.15) is 6.42 Å². The first-order valence-electron chi connectivity index (χ1n) is 2.88. The fourth-order valence-corrected chi connectivity index (χ4v) is 1.31. The summed E-state index contributed by atoms with van der Waals surface area (Å²) in [5.74, 6) is -0.331. The number of primary sulfonamides is 1. The van der Waals surface area contributed by atoms with E-state index in [1.54, 1.807) is 0 Å². The van der Waals surface area contributed by atoms with Crippen molar-refractivity contribution in [2.75, 3.05) is 12.4 Å². The molecule has 0 rings (SSSR count). The molecule has 0 saturated heterocycles. The van der Waals surface area contributed by atoms with Gasteiger partial charge in [0.2, 0.25) is 10.0 Å². The predicted octanol–water partition coefficient (Wildman–Crippen LogP) is -2.11. The highest BCUT2D eigenvalue weighted by atomic mass is 32.2. The van der Waals surface area contributed by atoms with Crippen molar-refractivity contribution in [1.29, 1.82) is 0 Å². The molecule has 0 aliphatic heterocycles. The molecule has 9 heteroatoms. The molecule has 0 aromatic rings.